The first-order valence-electron chi connectivity index (χ1n) is 40.9. The summed E-state index contributed by atoms with van der Waals surface area (Å²) in [7, 11) is 0. The Bertz CT molecular complexity index is 6190. The van der Waals surface area contributed by atoms with Gasteiger partial charge in [-0.25, -0.2) is 0 Å². The van der Waals surface area contributed by atoms with E-state index in [1.165, 1.54) is 111 Å². The lowest BCUT2D eigenvalue weighted by molar-refractivity contribution is 0.287. The van der Waals surface area contributed by atoms with Crippen molar-refractivity contribution in [1.29, 1.82) is 0 Å². The molecule has 5 atom stereocenters. The molecule has 0 fully saturated rings. The fraction of sp³-hybridized carbons (Fsp3) is 0.117. The van der Waals surface area contributed by atoms with Gasteiger partial charge in [0.2, 0.25) is 0 Å². The lowest BCUT2D eigenvalue weighted by atomic mass is 9.64. The molecule has 0 saturated heterocycles. The Morgan fingerprint density at radius 3 is 1.23 bits per heavy atom. The smallest absolute Gasteiger partial charge is 0.119 e. The van der Waals surface area contributed by atoms with Crippen LogP contribution in [0.3, 0.4) is 0 Å². The number of unbranched alkanes of at least 4 members (excludes halogenated alkanes) is 2. The molecule has 0 heterocycles. The molecule has 0 aromatic heterocycles. The van der Waals surface area contributed by atoms with Crippen LogP contribution in [0.1, 0.15) is 111 Å². The highest BCUT2D eigenvalue weighted by Crippen LogP contribution is 2.66. The third kappa shape index (κ3) is 12.0. The van der Waals surface area contributed by atoms with Gasteiger partial charge in [0.1, 0.15) is 11.5 Å². The molecule has 0 radical (unpaired) electrons. The van der Waals surface area contributed by atoms with Crippen LogP contribution >= 0.6 is 0 Å². The molecule has 554 valence electrons. The van der Waals surface area contributed by atoms with E-state index in [-0.39, 0.29) is 17.3 Å². The SMILES string of the molecule is C=Cc1ccc(OCCCCC2(c3ccccc3)c3ccccc3-c3ccc(N(c4ccc(-c5ccccc5)cc4)c4ccc5c(c4)C4(c6ccccc6-c6ccc(N(C7=CC8C(C=C7)c7ccccc7C8(CCCCOc7ccc(C=C)cc7)c7ccccc7)c7ccc(-c8ccccc8)cc7)cc64)c4ccccc4-5)cc32)cc1. The van der Waals surface area contributed by atoms with Gasteiger partial charge < -0.3 is 19.3 Å². The van der Waals surface area contributed by atoms with Gasteiger partial charge in [-0.1, -0.05) is 323 Å². The molecule has 115 heavy (non-hydrogen) atoms. The van der Waals surface area contributed by atoms with E-state index in [9.17, 15) is 0 Å². The van der Waals surface area contributed by atoms with Crippen LogP contribution < -0.4 is 19.3 Å². The molecule has 20 rings (SSSR count). The average molecular weight is 1480 g/mol. The normalized spacial score (nSPS) is 17.9. The number of rotatable bonds is 24. The van der Waals surface area contributed by atoms with Gasteiger partial charge in [-0.15, -0.1) is 0 Å². The number of anilines is 5. The maximum absolute atomic E-state index is 6.46. The predicted octanol–water partition coefficient (Wildman–Crippen LogP) is 28.2. The van der Waals surface area contributed by atoms with Crippen molar-refractivity contribution in [3.8, 4) is 67.1 Å². The van der Waals surface area contributed by atoms with Crippen LogP contribution in [0.5, 0.6) is 11.5 Å². The quantitative estimate of drug-likeness (QED) is 0.0563. The molecule has 15 aromatic carbocycles. The van der Waals surface area contributed by atoms with Crippen molar-refractivity contribution in [2.24, 2.45) is 5.92 Å². The van der Waals surface area contributed by atoms with Crippen LogP contribution in [-0.2, 0) is 16.2 Å². The van der Waals surface area contributed by atoms with Crippen LogP contribution in [0.2, 0.25) is 0 Å². The second kappa shape index (κ2) is 29.9. The van der Waals surface area contributed by atoms with Gasteiger partial charge in [-0.3, -0.25) is 0 Å². The fourth-order valence-electron chi connectivity index (χ4n) is 20.3. The van der Waals surface area contributed by atoms with E-state index >= 15 is 0 Å². The van der Waals surface area contributed by atoms with E-state index in [1.54, 1.807) is 0 Å². The fourth-order valence-corrected chi connectivity index (χ4v) is 20.3. The molecule has 5 aliphatic rings. The van der Waals surface area contributed by atoms with E-state index in [2.05, 4.69) is 411 Å². The summed E-state index contributed by atoms with van der Waals surface area (Å²) in [5, 5.41) is 0. The minimum atomic E-state index is -0.730. The number of allylic oxidation sites excluding steroid dienone is 3. The van der Waals surface area contributed by atoms with Gasteiger partial charge in [-0.05, 0) is 252 Å². The molecule has 1 spiro atoms. The summed E-state index contributed by atoms with van der Waals surface area (Å²) in [5.41, 5.74) is 32.7. The van der Waals surface area contributed by atoms with Crippen LogP contribution in [0, 0.1) is 5.92 Å². The van der Waals surface area contributed by atoms with Gasteiger partial charge in [0.15, 0.2) is 0 Å². The molecule has 5 unspecified atom stereocenters. The van der Waals surface area contributed by atoms with Crippen LogP contribution in [-0.4, -0.2) is 13.2 Å². The average Bonchev–Trinajstić information content (AvgIpc) is 1.51. The number of hydrogen-bond acceptors (Lipinski definition) is 4. The van der Waals surface area contributed by atoms with Crippen LogP contribution in [0.15, 0.2) is 407 Å². The molecular weight excluding hydrogens is 1390 g/mol. The molecule has 0 bridgehead atoms. The monoisotopic (exact) mass is 1480 g/mol. The van der Waals surface area contributed by atoms with Crippen molar-refractivity contribution in [3.63, 3.8) is 0 Å². The van der Waals surface area contributed by atoms with Gasteiger partial charge >= 0.3 is 0 Å². The third-order valence-corrected chi connectivity index (χ3v) is 25.5. The highest BCUT2D eigenvalue weighted by Gasteiger charge is 2.54. The van der Waals surface area contributed by atoms with Crippen molar-refractivity contribution in [3.05, 3.63) is 474 Å². The minimum Gasteiger partial charge on any atom is -0.494 e. The Morgan fingerprint density at radius 1 is 0.313 bits per heavy atom. The Kier molecular flexibility index (Phi) is 18.3. The first kappa shape index (κ1) is 70.6. The third-order valence-electron chi connectivity index (χ3n) is 25.5. The summed E-state index contributed by atoms with van der Waals surface area (Å²) in [4.78, 5) is 5.11. The van der Waals surface area contributed by atoms with Gasteiger partial charge in [-0.2, -0.15) is 0 Å². The van der Waals surface area contributed by atoms with E-state index in [0.29, 0.717) is 13.2 Å². The summed E-state index contributed by atoms with van der Waals surface area (Å²) in [6, 6.07) is 139. The number of hydrogen-bond donors (Lipinski definition) is 0. The predicted molar refractivity (Wildman–Crippen MR) is 478 cm³/mol. The van der Waals surface area contributed by atoms with Crippen molar-refractivity contribution in [2.75, 3.05) is 23.0 Å². The topological polar surface area (TPSA) is 24.9 Å². The Morgan fingerprint density at radius 2 is 0.704 bits per heavy atom. The molecule has 4 nitrogen and oxygen atoms in total. The maximum Gasteiger partial charge on any atom is 0.119 e. The molecule has 4 heteroatoms. The zero-order valence-electron chi connectivity index (χ0n) is 64.5. The first-order valence-corrected chi connectivity index (χ1v) is 40.9. The molecule has 0 amide bonds. The number of ether oxygens (including phenoxy) is 2. The molecule has 0 N–H and O–H groups in total. The first-order chi connectivity index (χ1) is 56.9. The molecule has 15 aromatic rings. The van der Waals surface area contributed by atoms with Crippen molar-refractivity contribution >= 4 is 40.6 Å². The minimum absolute atomic E-state index is 0.0911. The summed E-state index contributed by atoms with van der Waals surface area (Å²) >= 11 is 0. The summed E-state index contributed by atoms with van der Waals surface area (Å²) in [5.74, 6) is 2.01. The van der Waals surface area contributed by atoms with Crippen molar-refractivity contribution in [2.45, 2.75) is 60.7 Å². The zero-order chi connectivity index (χ0) is 76.9. The molecule has 5 aliphatic carbocycles. The van der Waals surface area contributed by atoms with Gasteiger partial charge in [0.05, 0.1) is 18.6 Å². The van der Waals surface area contributed by atoms with Crippen molar-refractivity contribution < 1.29 is 9.47 Å². The maximum atomic E-state index is 6.46. The molecule has 0 aliphatic heterocycles. The largest absolute Gasteiger partial charge is 0.494 e. The van der Waals surface area contributed by atoms with E-state index in [1.807, 2.05) is 12.2 Å². The lowest BCUT2D eigenvalue weighted by Crippen LogP contribution is -2.35. The second-order valence-corrected chi connectivity index (χ2v) is 31.4. The van der Waals surface area contributed by atoms with E-state index < -0.39 is 10.8 Å². The van der Waals surface area contributed by atoms with Crippen molar-refractivity contribution in [1.82, 2.24) is 0 Å². The van der Waals surface area contributed by atoms with Gasteiger partial charge in [0, 0.05) is 56.8 Å². The van der Waals surface area contributed by atoms with E-state index in [4.69, 9.17) is 9.47 Å². The second-order valence-electron chi connectivity index (χ2n) is 31.4. The number of nitrogens with zero attached hydrogens (tertiary/aromatic N) is 2. The Labute approximate surface area is 676 Å². The standard InChI is InChI=1S/C111H88N2O2/c1-3-77-45-61-91(62-46-77)114-71-27-25-69-109(83-33-13-7-14-34-83)101-41-21-17-37-93(101)97-65-57-87(73-105(97)109)112(85-53-49-81(50-54-85)79-29-9-5-10-30-79)89-59-67-99-95-39-19-23-43-103(95)111(107(99)75-89)104-44-24-20-40-96(104)100-68-60-90(76-108(100)111)113(86-55-51-82(52-56-86)80-31-11-6-12-32-80)88-58-66-98-94-38-18-22-42-102(94)110(106(98)74-88,84-35-15-8-16-36-84)70-26-28-72-115-92-63-47-78(4-2)48-64-92/h3-24,29-68,73-76,97,105H,1-2,25-28,69-72H2. The highest BCUT2D eigenvalue weighted by molar-refractivity contribution is 5.98. The summed E-state index contributed by atoms with van der Waals surface area (Å²) in [6.45, 7) is 9.19. The van der Waals surface area contributed by atoms with Gasteiger partial charge in [0.25, 0.3) is 0 Å². The zero-order valence-corrected chi connectivity index (χ0v) is 64.5. The lowest BCUT2D eigenvalue weighted by Gasteiger charge is -2.40. The van der Waals surface area contributed by atoms with E-state index in [0.717, 1.165) is 95.3 Å². The Hall–Kier alpha value is -13.5. The highest BCUT2D eigenvalue weighted by atomic mass is 16.5. The van der Waals surface area contributed by atoms with Crippen LogP contribution in [0.4, 0.5) is 28.4 Å². The number of fused-ring (bicyclic) bond motifs is 16. The summed E-state index contributed by atoms with van der Waals surface area (Å²) in [6.07, 6.45) is 17.0. The molecular formula is C111H88N2O2. The number of benzene rings is 15. The molecule has 0 saturated carbocycles. The Balaban J connectivity index is 0.740. The van der Waals surface area contributed by atoms with Crippen LogP contribution in [0.25, 0.3) is 67.8 Å². The summed E-state index contributed by atoms with van der Waals surface area (Å²) < 4.78 is 12.9.